The summed E-state index contributed by atoms with van der Waals surface area (Å²) < 4.78 is 13.5. The Morgan fingerprint density at radius 3 is 2.69 bits per heavy atom. The second-order valence-electron chi connectivity index (χ2n) is 3.40. The number of halogens is 1. The van der Waals surface area contributed by atoms with Crippen LogP contribution in [-0.2, 0) is 0 Å². The van der Waals surface area contributed by atoms with Crippen LogP contribution in [0, 0.1) is 17.7 Å². The van der Waals surface area contributed by atoms with E-state index in [2.05, 4.69) is 11.8 Å². The molecule has 0 heterocycles. The Labute approximate surface area is 94.0 Å². The van der Waals surface area contributed by atoms with Gasteiger partial charge in [0.05, 0.1) is 12.1 Å². The van der Waals surface area contributed by atoms with Crippen LogP contribution in [0.2, 0.25) is 0 Å². The minimum Gasteiger partial charge on any atom is -0.345 e. The van der Waals surface area contributed by atoms with E-state index >= 15 is 0 Å². The van der Waals surface area contributed by atoms with Crippen molar-refractivity contribution in [2.75, 3.05) is 20.6 Å². The summed E-state index contributed by atoms with van der Waals surface area (Å²) in [6.07, 6.45) is 0. The highest BCUT2D eigenvalue weighted by atomic mass is 19.1. The lowest BCUT2D eigenvalue weighted by atomic mass is 10.1. The van der Waals surface area contributed by atoms with Crippen LogP contribution in [-0.4, -0.2) is 31.4 Å². The SMILES string of the molecule is CN(C)C(=O)c1ccc(C#CCN)c(F)c1. The summed E-state index contributed by atoms with van der Waals surface area (Å²) in [5, 5.41) is 0. The zero-order valence-corrected chi connectivity index (χ0v) is 9.25. The summed E-state index contributed by atoms with van der Waals surface area (Å²) in [4.78, 5) is 12.9. The van der Waals surface area contributed by atoms with Crippen LogP contribution in [0.3, 0.4) is 0 Å². The maximum atomic E-state index is 13.5. The highest BCUT2D eigenvalue weighted by Crippen LogP contribution is 2.10. The number of rotatable bonds is 1. The van der Waals surface area contributed by atoms with Gasteiger partial charge < -0.3 is 10.6 Å². The third-order valence-corrected chi connectivity index (χ3v) is 1.95. The van der Waals surface area contributed by atoms with Crippen LogP contribution in [0.15, 0.2) is 18.2 Å². The molecule has 0 aliphatic carbocycles. The van der Waals surface area contributed by atoms with Crippen molar-refractivity contribution in [1.29, 1.82) is 0 Å². The molecule has 0 fully saturated rings. The molecule has 16 heavy (non-hydrogen) atoms. The van der Waals surface area contributed by atoms with Crippen molar-refractivity contribution in [2.45, 2.75) is 0 Å². The molecular formula is C12H13FN2O. The van der Waals surface area contributed by atoms with Gasteiger partial charge >= 0.3 is 0 Å². The van der Waals surface area contributed by atoms with Gasteiger partial charge in [0.25, 0.3) is 5.91 Å². The molecule has 0 spiro atoms. The van der Waals surface area contributed by atoms with Gasteiger partial charge in [0.1, 0.15) is 5.82 Å². The Morgan fingerprint density at radius 1 is 1.50 bits per heavy atom. The Bertz CT molecular complexity index is 458. The molecule has 3 nitrogen and oxygen atoms in total. The molecule has 84 valence electrons. The number of nitrogens with zero attached hydrogens (tertiary/aromatic N) is 1. The smallest absolute Gasteiger partial charge is 0.253 e. The number of hydrogen-bond donors (Lipinski definition) is 1. The largest absolute Gasteiger partial charge is 0.345 e. The van der Waals surface area contributed by atoms with Crippen LogP contribution in [0.4, 0.5) is 4.39 Å². The van der Waals surface area contributed by atoms with Crippen LogP contribution in [0.1, 0.15) is 15.9 Å². The summed E-state index contributed by atoms with van der Waals surface area (Å²) >= 11 is 0. The fourth-order valence-electron chi connectivity index (χ4n) is 1.15. The lowest BCUT2D eigenvalue weighted by molar-refractivity contribution is 0.0827. The molecule has 2 N–H and O–H groups in total. The van der Waals surface area contributed by atoms with Crippen molar-refractivity contribution in [3.8, 4) is 11.8 Å². The van der Waals surface area contributed by atoms with E-state index in [4.69, 9.17) is 5.73 Å². The second kappa shape index (κ2) is 5.29. The molecule has 0 aromatic heterocycles. The molecule has 0 aliphatic heterocycles. The fraction of sp³-hybridized carbons (Fsp3) is 0.250. The van der Waals surface area contributed by atoms with Crippen molar-refractivity contribution < 1.29 is 9.18 Å². The van der Waals surface area contributed by atoms with Crippen molar-refractivity contribution >= 4 is 5.91 Å². The Kier molecular flexibility index (Phi) is 4.03. The molecule has 1 rings (SSSR count). The third-order valence-electron chi connectivity index (χ3n) is 1.95. The maximum absolute atomic E-state index is 13.5. The summed E-state index contributed by atoms with van der Waals surface area (Å²) in [5.41, 5.74) is 5.74. The second-order valence-corrected chi connectivity index (χ2v) is 3.40. The van der Waals surface area contributed by atoms with E-state index in [9.17, 15) is 9.18 Å². The van der Waals surface area contributed by atoms with Crippen LogP contribution < -0.4 is 5.73 Å². The fourth-order valence-corrected chi connectivity index (χ4v) is 1.15. The molecule has 0 atom stereocenters. The summed E-state index contributed by atoms with van der Waals surface area (Å²) in [6, 6.07) is 4.21. The molecule has 0 unspecified atom stereocenters. The molecule has 4 heteroatoms. The van der Waals surface area contributed by atoms with Gasteiger partial charge in [-0.25, -0.2) is 4.39 Å². The van der Waals surface area contributed by atoms with Gasteiger partial charge in [-0.15, -0.1) is 0 Å². The van der Waals surface area contributed by atoms with Crippen LogP contribution in [0.5, 0.6) is 0 Å². The van der Waals surface area contributed by atoms with Crippen LogP contribution >= 0.6 is 0 Å². The molecule has 0 saturated heterocycles. The first-order chi connectivity index (χ1) is 7.56. The van der Waals surface area contributed by atoms with Crippen molar-refractivity contribution in [3.05, 3.63) is 35.1 Å². The van der Waals surface area contributed by atoms with Gasteiger partial charge in [0.2, 0.25) is 0 Å². The number of benzene rings is 1. The highest BCUT2D eigenvalue weighted by Gasteiger charge is 2.10. The van der Waals surface area contributed by atoms with E-state index in [1.54, 1.807) is 20.2 Å². The van der Waals surface area contributed by atoms with E-state index in [1.807, 2.05) is 0 Å². The van der Waals surface area contributed by atoms with E-state index in [0.717, 1.165) is 0 Å². The molecule has 1 aromatic carbocycles. The summed E-state index contributed by atoms with van der Waals surface area (Å²) in [5.74, 6) is 4.41. The van der Waals surface area contributed by atoms with E-state index in [1.165, 1.54) is 17.0 Å². The summed E-state index contributed by atoms with van der Waals surface area (Å²) in [6.45, 7) is 0.178. The van der Waals surface area contributed by atoms with E-state index in [0.29, 0.717) is 5.56 Å². The molecular weight excluding hydrogens is 207 g/mol. The first-order valence-electron chi connectivity index (χ1n) is 4.76. The number of carbonyl (C=O) groups is 1. The Hall–Kier alpha value is -1.86. The average molecular weight is 220 g/mol. The lowest BCUT2D eigenvalue weighted by Crippen LogP contribution is -2.21. The predicted octanol–water partition coefficient (Wildman–Crippen LogP) is 0.838. The quantitative estimate of drug-likeness (QED) is 0.713. The van der Waals surface area contributed by atoms with Crippen LogP contribution in [0.25, 0.3) is 0 Å². The topological polar surface area (TPSA) is 46.3 Å². The number of nitrogens with two attached hydrogens (primary N) is 1. The van der Waals surface area contributed by atoms with Gasteiger partial charge in [-0.3, -0.25) is 4.79 Å². The summed E-state index contributed by atoms with van der Waals surface area (Å²) in [7, 11) is 3.23. The van der Waals surface area contributed by atoms with Crippen molar-refractivity contribution in [3.63, 3.8) is 0 Å². The normalized spacial score (nSPS) is 9.25. The van der Waals surface area contributed by atoms with Crippen molar-refractivity contribution in [2.24, 2.45) is 5.73 Å². The molecule has 0 aliphatic rings. The number of amides is 1. The van der Waals surface area contributed by atoms with Gasteiger partial charge in [-0.1, -0.05) is 11.8 Å². The van der Waals surface area contributed by atoms with E-state index in [-0.39, 0.29) is 18.0 Å². The first-order valence-corrected chi connectivity index (χ1v) is 4.76. The predicted molar refractivity (Wildman–Crippen MR) is 60.3 cm³/mol. The van der Waals surface area contributed by atoms with Gasteiger partial charge in [0, 0.05) is 19.7 Å². The minimum atomic E-state index is -0.506. The van der Waals surface area contributed by atoms with E-state index < -0.39 is 5.82 Å². The number of hydrogen-bond acceptors (Lipinski definition) is 2. The van der Waals surface area contributed by atoms with Gasteiger partial charge in [-0.2, -0.15) is 0 Å². The van der Waals surface area contributed by atoms with Crippen molar-refractivity contribution in [1.82, 2.24) is 4.90 Å². The third kappa shape index (κ3) is 2.81. The standard InChI is InChI=1S/C12H13FN2O/c1-15(2)12(16)10-6-5-9(4-3-7-14)11(13)8-10/h5-6,8H,7,14H2,1-2H3. The monoisotopic (exact) mass is 220 g/mol. The van der Waals surface area contributed by atoms with Gasteiger partial charge in [-0.05, 0) is 18.2 Å². The molecule has 0 saturated carbocycles. The van der Waals surface area contributed by atoms with Gasteiger partial charge in [0.15, 0.2) is 0 Å². The lowest BCUT2D eigenvalue weighted by Gasteiger charge is -2.10. The zero-order chi connectivity index (χ0) is 12.1. The maximum Gasteiger partial charge on any atom is 0.253 e. The number of carbonyl (C=O) groups excluding carboxylic acids is 1. The Morgan fingerprint density at radius 2 is 2.19 bits per heavy atom. The zero-order valence-electron chi connectivity index (χ0n) is 9.25. The first kappa shape index (κ1) is 12.2. The Balaban J connectivity index is 3.04. The average Bonchev–Trinajstić information content (AvgIpc) is 2.26. The molecule has 0 bridgehead atoms. The highest BCUT2D eigenvalue weighted by molar-refractivity contribution is 5.94. The molecule has 0 radical (unpaired) electrons. The minimum absolute atomic E-state index is 0.178. The molecule has 1 amide bonds. The molecule has 1 aromatic rings.